The fourth-order valence-corrected chi connectivity index (χ4v) is 3.16. The lowest BCUT2D eigenvalue weighted by molar-refractivity contribution is -0.147. The first kappa shape index (κ1) is 17.7. The van der Waals surface area contributed by atoms with Gasteiger partial charge in [0.15, 0.2) is 0 Å². The van der Waals surface area contributed by atoms with Gasteiger partial charge in [-0.05, 0) is 32.6 Å². The third-order valence-corrected chi connectivity index (χ3v) is 4.40. The Balaban J connectivity index is 4.24. The predicted molar refractivity (Wildman–Crippen MR) is 81.6 cm³/mol. The highest BCUT2D eigenvalue weighted by molar-refractivity contribution is 6.06. The monoisotopic (exact) mass is 272 g/mol. The molecule has 0 aromatic carbocycles. The van der Waals surface area contributed by atoms with E-state index in [1.807, 2.05) is 0 Å². The zero-order valence-corrected chi connectivity index (χ0v) is 15.1. The Morgan fingerprint density at radius 1 is 1.06 bits per heavy atom. The molecule has 2 nitrogen and oxygen atoms in total. The Morgan fingerprint density at radius 3 is 2.17 bits per heavy atom. The first-order chi connectivity index (χ1) is 8.50. The van der Waals surface area contributed by atoms with Gasteiger partial charge in [0.2, 0.25) is 10.5 Å². The van der Waals surface area contributed by atoms with E-state index >= 15 is 0 Å². The summed E-state index contributed by atoms with van der Waals surface area (Å²) in [5, 5.41) is 0. The fourth-order valence-electron chi connectivity index (χ4n) is 2.64. The van der Waals surface area contributed by atoms with Gasteiger partial charge in [0, 0.05) is 0 Å². The standard InChI is InChI=1S/C15H32O2Si/c1-5-7-8-9-10-12-13(11-6-2)15(3,4)14(16)17-18/h13H,5-12H2,1-4,18H3. The van der Waals surface area contributed by atoms with E-state index in [1.54, 1.807) is 0 Å². The lowest BCUT2D eigenvalue weighted by Crippen LogP contribution is -2.34. The Labute approximate surface area is 116 Å². The van der Waals surface area contributed by atoms with Crippen molar-refractivity contribution in [2.75, 3.05) is 0 Å². The van der Waals surface area contributed by atoms with Crippen molar-refractivity contribution in [3.63, 3.8) is 0 Å². The smallest absolute Gasteiger partial charge is 0.297 e. The molecule has 0 radical (unpaired) electrons. The summed E-state index contributed by atoms with van der Waals surface area (Å²) in [6.45, 7) is 8.55. The number of unbranched alkanes of at least 4 members (excludes halogenated alkanes) is 4. The second kappa shape index (κ2) is 9.60. The van der Waals surface area contributed by atoms with Crippen molar-refractivity contribution in [3.05, 3.63) is 0 Å². The summed E-state index contributed by atoms with van der Waals surface area (Å²) in [6, 6.07) is 0. The molecule has 3 heteroatoms. The molecule has 0 saturated carbocycles. The van der Waals surface area contributed by atoms with Crippen molar-refractivity contribution >= 4 is 16.5 Å². The van der Waals surface area contributed by atoms with Crippen LogP contribution in [0.3, 0.4) is 0 Å². The summed E-state index contributed by atoms with van der Waals surface area (Å²) in [5.74, 6) is 0.478. The van der Waals surface area contributed by atoms with Gasteiger partial charge in [-0.25, -0.2) is 0 Å². The van der Waals surface area contributed by atoms with Crippen LogP contribution in [0.1, 0.15) is 79.1 Å². The third kappa shape index (κ3) is 6.03. The molecular formula is C15H32O2Si. The molecule has 18 heavy (non-hydrogen) atoms. The lowest BCUT2D eigenvalue weighted by atomic mass is 9.74. The number of hydrogen-bond donors (Lipinski definition) is 0. The van der Waals surface area contributed by atoms with Crippen LogP contribution in [0, 0.1) is 11.3 Å². The topological polar surface area (TPSA) is 26.3 Å². The molecule has 0 spiro atoms. The molecule has 0 rings (SSSR count). The van der Waals surface area contributed by atoms with Crippen LogP contribution in [0.5, 0.6) is 0 Å². The van der Waals surface area contributed by atoms with Crippen molar-refractivity contribution in [1.29, 1.82) is 0 Å². The molecule has 0 aromatic rings. The zero-order valence-electron chi connectivity index (χ0n) is 13.1. The molecule has 108 valence electrons. The second-order valence-corrected chi connectivity index (χ2v) is 6.31. The van der Waals surface area contributed by atoms with E-state index in [-0.39, 0.29) is 11.4 Å². The number of carbonyl (C=O) groups excluding carboxylic acids is 1. The Morgan fingerprint density at radius 2 is 1.67 bits per heavy atom. The molecule has 0 amide bonds. The van der Waals surface area contributed by atoms with E-state index in [2.05, 4.69) is 27.7 Å². The number of rotatable bonds is 10. The van der Waals surface area contributed by atoms with E-state index in [4.69, 9.17) is 4.43 Å². The quantitative estimate of drug-likeness (QED) is 0.448. The van der Waals surface area contributed by atoms with Gasteiger partial charge in [-0.1, -0.05) is 52.4 Å². The van der Waals surface area contributed by atoms with Crippen molar-refractivity contribution in [2.45, 2.75) is 79.1 Å². The SMILES string of the molecule is CCCCCCCC(CCC)C(C)(C)C(=O)O[SiH3]. The summed E-state index contributed by atoms with van der Waals surface area (Å²) >= 11 is 0. The van der Waals surface area contributed by atoms with E-state index in [9.17, 15) is 4.79 Å². The van der Waals surface area contributed by atoms with Gasteiger partial charge in [0.25, 0.3) is 5.97 Å². The largest absolute Gasteiger partial charge is 0.528 e. The van der Waals surface area contributed by atoms with Gasteiger partial charge in [-0.3, -0.25) is 4.79 Å². The number of hydrogen-bond acceptors (Lipinski definition) is 2. The normalized spacial score (nSPS) is 13.6. The molecular weight excluding hydrogens is 240 g/mol. The minimum absolute atomic E-state index is 0.00109. The van der Waals surface area contributed by atoms with E-state index in [1.165, 1.54) is 38.5 Å². The van der Waals surface area contributed by atoms with Gasteiger partial charge >= 0.3 is 0 Å². The van der Waals surface area contributed by atoms with Gasteiger partial charge in [0.05, 0.1) is 5.41 Å². The van der Waals surface area contributed by atoms with Crippen LogP contribution in [0.2, 0.25) is 0 Å². The van der Waals surface area contributed by atoms with E-state index < -0.39 is 0 Å². The first-order valence-corrected chi connectivity index (χ1v) is 8.40. The molecule has 0 aliphatic carbocycles. The zero-order chi connectivity index (χ0) is 14.0. The molecule has 1 atom stereocenters. The second-order valence-electron chi connectivity index (χ2n) is 5.90. The van der Waals surface area contributed by atoms with Crippen LogP contribution in [0.15, 0.2) is 0 Å². The Kier molecular flexibility index (Phi) is 9.43. The average molecular weight is 273 g/mol. The summed E-state index contributed by atoms with van der Waals surface area (Å²) in [5.41, 5.74) is -0.303. The van der Waals surface area contributed by atoms with Gasteiger partial charge in [0.1, 0.15) is 0 Å². The maximum Gasteiger partial charge on any atom is 0.297 e. The molecule has 0 aromatic heterocycles. The van der Waals surface area contributed by atoms with Crippen LogP contribution in [0.4, 0.5) is 0 Å². The van der Waals surface area contributed by atoms with Gasteiger partial charge in [-0.15, -0.1) is 0 Å². The molecule has 1 unspecified atom stereocenters. The highest BCUT2D eigenvalue weighted by atomic mass is 28.2. The maximum absolute atomic E-state index is 11.9. The lowest BCUT2D eigenvalue weighted by Gasteiger charge is -2.32. The molecule has 0 aliphatic rings. The van der Waals surface area contributed by atoms with Gasteiger partial charge in [-0.2, -0.15) is 0 Å². The molecule has 0 saturated heterocycles. The average Bonchev–Trinajstić information content (AvgIpc) is 2.36. The van der Waals surface area contributed by atoms with Crippen LogP contribution in [0.25, 0.3) is 0 Å². The van der Waals surface area contributed by atoms with E-state index in [0.29, 0.717) is 16.4 Å². The van der Waals surface area contributed by atoms with Crippen LogP contribution in [-0.2, 0) is 9.22 Å². The summed E-state index contributed by atoms with van der Waals surface area (Å²) < 4.78 is 5.09. The summed E-state index contributed by atoms with van der Waals surface area (Å²) in [4.78, 5) is 11.9. The Bertz CT molecular complexity index is 227. The first-order valence-electron chi connectivity index (χ1n) is 7.59. The highest BCUT2D eigenvalue weighted by Gasteiger charge is 2.36. The molecule has 0 N–H and O–H groups in total. The van der Waals surface area contributed by atoms with E-state index in [0.717, 1.165) is 12.8 Å². The minimum Gasteiger partial charge on any atom is -0.528 e. The molecule has 0 heterocycles. The highest BCUT2D eigenvalue weighted by Crippen LogP contribution is 2.35. The third-order valence-electron chi connectivity index (χ3n) is 4.03. The predicted octanol–water partition coefficient (Wildman–Crippen LogP) is 3.61. The van der Waals surface area contributed by atoms with Gasteiger partial charge < -0.3 is 4.43 Å². The number of carbonyl (C=O) groups is 1. The molecule has 0 bridgehead atoms. The van der Waals surface area contributed by atoms with Crippen molar-refractivity contribution in [3.8, 4) is 0 Å². The summed E-state index contributed by atoms with van der Waals surface area (Å²) in [6.07, 6.45) is 9.97. The fraction of sp³-hybridized carbons (Fsp3) is 0.933. The van der Waals surface area contributed by atoms with Crippen molar-refractivity contribution < 1.29 is 9.22 Å². The maximum atomic E-state index is 11.9. The Hall–Kier alpha value is -0.313. The minimum atomic E-state index is -0.303. The van der Waals surface area contributed by atoms with Crippen LogP contribution < -0.4 is 0 Å². The van der Waals surface area contributed by atoms with Crippen molar-refractivity contribution in [1.82, 2.24) is 0 Å². The summed E-state index contributed by atoms with van der Waals surface area (Å²) in [7, 11) is 0.510. The van der Waals surface area contributed by atoms with Crippen LogP contribution >= 0.6 is 0 Å². The van der Waals surface area contributed by atoms with Crippen molar-refractivity contribution in [2.24, 2.45) is 11.3 Å². The van der Waals surface area contributed by atoms with Crippen LogP contribution in [-0.4, -0.2) is 16.5 Å². The molecule has 0 fully saturated rings. The molecule has 0 aliphatic heterocycles.